The average molecular weight is 892 g/mol. The molecule has 55 heavy (non-hydrogen) atoms. The lowest BCUT2D eigenvalue weighted by atomic mass is 10.1. The second kappa shape index (κ2) is 18.3. The van der Waals surface area contributed by atoms with Crippen LogP contribution in [-0.4, -0.2) is 78.9 Å². The Hall–Kier alpha value is -4.01. The molecule has 0 radical (unpaired) electrons. The lowest BCUT2D eigenvalue weighted by Gasteiger charge is -2.38. The maximum Gasteiger partial charge on any atom is 0.527 e. The molecule has 0 heterocycles. The van der Waals surface area contributed by atoms with Crippen LogP contribution in [0.25, 0.3) is 0 Å². The van der Waals surface area contributed by atoms with E-state index in [9.17, 15) is 137 Å². The molecule has 0 aliphatic heterocycles. The van der Waals surface area contributed by atoms with Crippen LogP contribution in [0.2, 0.25) is 0 Å². The Balaban J connectivity index is -0.000000379. The van der Waals surface area contributed by atoms with Crippen molar-refractivity contribution in [2.45, 2.75) is 66.8 Å². The second-order valence-corrected chi connectivity index (χ2v) is 8.15. The highest BCUT2D eigenvalue weighted by molar-refractivity contribution is 5.78. The number of rotatable bonds is 12. The van der Waals surface area contributed by atoms with Gasteiger partial charge in [0.05, 0.1) is 0 Å². The van der Waals surface area contributed by atoms with Crippen molar-refractivity contribution < 1.29 is 151 Å². The molecular formula is C21H9F29O5. The SMILES string of the molecule is C=C(C(F)(F)F)C(F)(F)F.C=C(F)C(F)(F)C(F)(F)C(=O)F.C=C(F)OC(F)(F)C(F)(OC(F)(F)C(F)(F)C(=O)F)C(F)(F)OC(F)(F)F.C=CC(F)(F)F. The molecule has 0 saturated carbocycles. The van der Waals surface area contributed by atoms with Crippen LogP contribution in [-0.2, 0) is 23.8 Å². The number of hydrogen-bond acceptors (Lipinski definition) is 5. The van der Waals surface area contributed by atoms with Gasteiger partial charge in [-0.15, -0.1) is 13.2 Å². The summed E-state index contributed by atoms with van der Waals surface area (Å²) in [6, 6.07) is -11.1. The minimum absolute atomic E-state index is 0.0625. The lowest BCUT2D eigenvalue weighted by Crippen LogP contribution is -2.66. The summed E-state index contributed by atoms with van der Waals surface area (Å²) in [5, 5.41) is 0. The molecule has 0 aromatic carbocycles. The van der Waals surface area contributed by atoms with Gasteiger partial charge < -0.3 is 4.74 Å². The molecule has 0 aromatic rings. The van der Waals surface area contributed by atoms with Crippen LogP contribution >= 0.6 is 0 Å². The molecule has 0 aromatic heterocycles. The standard InChI is InChI=1S/C9H2F14O4.C5H2F6O.C4H2F6.C3H3F3/c1-2(10)25-7(17,18)5(14,8(19,20)27-9(21,22)23)26-6(15,16)4(12,13)3(11)24;1-2(6)4(8,9)5(10,11)3(7)12;1-2(3(5,6)7)4(8,9)10;1-2-3(4,5)6/h1H2;1H2;1H2;2H,1H2. The van der Waals surface area contributed by atoms with E-state index in [4.69, 9.17) is 0 Å². The lowest BCUT2D eigenvalue weighted by molar-refractivity contribution is -0.557. The molecule has 0 aliphatic rings. The fourth-order valence-corrected chi connectivity index (χ4v) is 1.51. The molecule has 1 atom stereocenters. The van der Waals surface area contributed by atoms with Crippen LogP contribution in [0, 0.1) is 0 Å². The van der Waals surface area contributed by atoms with Gasteiger partial charge in [0, 0.05) is 6.08 Å². The fourth-order valence-electron chi connectivity index (χ4n) is 1.51. The molecule has 0 spiro atoms. The summed E-state index contributed by atoms with van der Waals surface area (Å²) in [5.41, 5.74) is -2.68. The number of hydrogen-bond donors (Lipinski definition) is 0. The number of carbonyl (C=O) groups excluding carboxylic acids is 2. The highest BCUT2D eigenvalue weighted by atomic mass is 19.4. The molecule has 0 bridgehead atoms. The molecule has 1 unspecified atom stereocenters. The minimum Gasteiger partial charge on any atom is -0.402 e. The van der Waals surface area contributed by atoms with E-state index in [0.717, 1.165) is 0 Å². The maximum absolute atomic E-state index is 13.8. The van der Waals surface area contributed by atoms with Gasteiger partial charge in [0.1, 0.15) is 5.57 Å². The van der Waals surface area contributed by atoms with Gasteiger partial charge in [0.25, 0.3) is 6.01 Å². The van der Waals surface area contributed by atoms with Gasteiger partial charge >= 0.3 is 78.9 Å². The summed E-state index contributed by atoms with van der Waals surface area (Å²) in [5.74, 6) is -28.4. The Labute approximate surface area is 281 Å². The van der Waals surface area contributed by atoms with Crippen molar-refractivity contribution in [1.29, 1.82) is 0 Å². The van der Waals surface area contributed by atoms with E-state index in [0.29, 0.717) is 0 Å². The molecule has 326 valence electrons. The van der Waals surface area contributed by atoms with Gasteiger partial charge in [0.15, 0.2) is 5.83 Å². The zero-order valence-electron chi connectivity index (χ0n) is 24.4. The Morgan fingerprint density at radius 3 is 0.927 bits per heavy atom. The predicted molar refractivity (Wildman–Crippen MR) is 113 cm³/mol. The van der Waals surface area contributed by atoms with Gasteiger partial charge in [-0.25, -0.2) is 9.13 Å². The fraction of sp³-hybridized carbons (Fsp3) is 0.524. The number of halogens is 29. The third kappa shape index (κ3) is 17.1. The molecule has 0 fully saturated rings. The number of carbonyl (C=O) groups is 2. The van der Waals surface area contributed by atoms with Gasteiger partial charge in [0.2, 0.25) is 0 Å². The van der Waals surface area contributed by atoms with Crippen molar-refractivity contribution in [3.8, 4) is 0 Å². The van der Waals surface area contributed by atoms with Crippen LogP contribution in [0.4, 0.5) is 127 Å². The third-order valence-corrected chi connectivity index (χ3v) is 4.01. The topological polar surface area (TPSA) is 61.8 Å². The normalized spacial score (nSPS) is 14.6. The third-order valence-electron chi connectivity index (χ3n) is 4.01. The van der Waals surface area contributed by atoms with Crippen LogP contribution in [0.15, 0.2) is 49.8 Å². The van der Waals surface area contributed by atoms with Gasteiger partial charge in [-0.05, 0) is 6.58 Å². The minimum atomic E-state index is -7.42. The monoisotopic (exact) mass is 892 g/mol. The van der Waals surface area contributed by atoms with Gasteiger partial charge in [-0.2, -0.15) is 110 Å². The molecule has 34 heteroatoms. The van der Waals surface area contributed by atoms with Crippen molar-refractivity contribution >= 4 is 12.1 Å². The van der Waals surface area contributed by atoms with E-state index < -0.39 is 96.3 Å². The highest BCUT2D eigenvalue weighted by Gasteiger charge is 2.83. The molecule has 0 rings (SSSR count). The first-order valence-corrected chi connectivity index (χ1v) is 11.1. The summed E-state index contributed by atoms with van der Waals surface area (Å²) in [7, 11) is 0. The Bertz CT molecular complexity index is 1310. The quantitative estimate of drug-likeness (QED) is 0.0845. The molecule has 0 amide bonds. The average Bonchev–Trinajstić information content (AvgIpc) is 2.89. The van der Waals surface area contributed by atoms with Crippen LogP contribution in [0.3, 0.4) is 0 Å². The van der Waals surface area contributed by atoms with Crippen LogP contribution in [0.1, 0.15) is 0 Å². The van der Waals surface area contributed by atoms with Gasteiger partial charge in [-0.1, -0.05) is 19.7 Å². The van der Waals surface area contributed by atoms with Crippen molar-refractivity contribution in [1.82, 2.24) is 0 Å². The van der Waals surface area contributed by atoms with E-state index >= 15 is 0 Å². The highest BCUT2D eigenvalue weighted by Crippen LogP contribution is 2.54. The van der Waals surface area contributed by atoms with Crippen molar-refractivity contribution in [2.24, 2.45) is 0 Å². The van der Waals surface area contributed by atoms with Crippen LogP contribution in [0.5, 0.6) is 0 Å². The summed E-state index contributed by atoms with van der Waals surface area (Å²) in [6.07, 6.45) is -43.5. The van der Waals surface area contributed by atoms with E-state index in [1.165, 1.54) is 4.74 Å². The first-order chi connectivity index (χ1) is 23.4. The number of allylic oxidation sites excluding steroid dienone is 3. The Morgan fingerprint density at radius 2 is 0.764 bits per heavy atom. The maximum atomic E-state index is 13.8. The van der Waals surface area contributed by atoms with Crippen LogP contribution < -0.4 is 0 Å². The summed E-state index contributed by atoms with van der Waals surface area (Å²) >= 11 is 0. The largest absolute Gasteiger partial charge is 0.527 e. The van der Waals surface area contributed by atoms with Crippen molar-refractivity contribution in [3.63, 3.8) is 0 Å². The Morgan fingerprint density at radius 1 is 0.455 bits per heavy atom. The molecule has 5 nitrogen and oxygen atoms in total. The smallest absolute Gasteiger partial charge is 0.402 e. The molecule has 0 N–H and O–H groups in total. The first kappa shape index (κ1) is 57.7. The van der Waals surface area contributed by atoms with E-state index in [2.05, 4.69) is 11.3 Å². The molecule has 0 aliphatic carbocycles. The summed E-state index contributed by atoms with van der Waals surface area (Å²) in [6.45, 7) is 7.95. The Kier molecular flexibility index (Phi) is 19.2. The zero-order chi connectivity index (χ0) is 46.2. The second-order valence-electron chi connectivity index (χ2n) is 8.15. The summed E-state index contributed by atoms with van der Waals surface area (Å²) < 4.78 is 351. The van der Waals surface area contributed by atoms with Crippen molar-refractivity contribution in [2.75, 3.05) is 0 Å². The first-order valence-electron chi connectivity index (χ1n) is 11.1. The molecular weight excluding hydrogens is 883 g/mol. The molecule has 0 saturated heterocycles. The van der Waals surface area contributed by atoms with E-state index in [1.807, 2.05) is 13.2 Å². The summed E-state index contributed by atoms with van der Waals surface area (Å²) in [4.78, 5) is 19.0. The van der Waals surface area contributed by atoms with Crippen molar-refractivity contribution in [3.05, 3.63) is 49.8 Å². The van der Waals surface area contributed by atoms with E-state index in [1.54, 1.807) is 11.3 Å². The van der Waals surface area contributed by atoms with E-state index in [-0.39, 0.29) is 6.08 Å². The van der Waals surface area contributed by atoms with Gasteiger partial charge in [-0.3, -0.25) is 14.3 Å². The number of alkyl halides is 25. The number of ether oxygens (including phenoxy) is 3. The zero-order valence-corrected chi connectivity index (χ0v) is 24.4. The predicted octanol–water partition coefficient (Wildman–Crippen LogP) is 11.2.